The van der Waals surface area contributed by atoms with Crippen LogP contribution in [0.3, 0.4) is 0 Å². The van der Waals surface area contributed by atoms with Gasteiger partial charge in [-0.05, 0) is 0 Å². The monoisotopic (exact) mass is 250 g/mol. The van der Waals surface area contributed by atoms with Crippen molar-refractivity contribution in [2.45, 2.75) is 26.7 Å². The summed E-state index contributed by atoms with van der Waals surface area (Å²) in [6.45, 7) is 4.22. The topological polar surface area (TPSA) is 0 Å². The van der Waals surface area contributed by atoms with E-state index in [9.17, 15) is 0 Å². The molecule has 0 aromatic heterocycles. The molecule has 0 aliphatic heterocycles. The fourth-order valence-electron chi connectivity index (χ4n) is 0.990. The van der Waals surface area contributed by atoms with Crippen LogP contribution in [0.25, 0.3) is 0 Å². The minimum atomic E-state index is 0. The minimum Gasteiger partial charge on any atom is -1.00 e. The van der Waals surface area contributed by atoms with Crippen molar-refractivity contribution in [1.29, 1.82) is 0 Å². The maximum atomic E-state index is 3.19. The van der Waals surface area contributed by atoms with Crippen molar-refractivity contribution in [3.8, 4) is 0 Å². The molecule has 0 saturated heterocycles. The van der Waals surface area contributed by atoms with Crippen LogP contribution in [-0.2, 0) is 26.2 Å². The summed E-state index contributed by atoms with van der Waals surface area (Å²) in [5.41, 5.74) is 2.71. The third-order valence-electron chi connectivity index (χ3n) is 1.95. The smallest absolute Gasteiger partial charge is 1.00 e. The Kier molecular flexibility index (Phi) is 7.18. The van der Waals surface area contributed by atoms with Gasteiger partial charge in [0, 0.05) is 0 Å². The van der Waals surface area contributed by atoms with Crippen LogP contribution in [-0.4, -0.2) is 0 Å². The number of rotatable bonds is 0. The van der Waals surface area contributed by atoms with E-state index in [1.807, 2.05) is 12.2 Å². The fraction of sp³-hybridized carbons (Fsp3) is 0.333. The second kappa shape index (κ2) is 7.27. The number of hydrogen-bond donors (Lipinski definition) is 0. The summed E-state index contributed by atoms with van der Waals surface area (Å²) in [6, 6.07) is 0. The van der Waals surface area contributed by atoms with Gasteiger partial charge in [-0.1, -0.05) is 6.92 Å². The first kappa shape index (κ1) is 12.8. The molecular formula is C12H16Zr-2. The summed E-state index contributed by atoms with van der Waals surface area (Å²) in [4.78, 5) is 0. The van der Waals surface area contributed by atoms with Crippen molar-refractivity contribution in [3.63, 3.8) is 0 Å². The molecule has 0 radical (unpaired) electrons. The molecule has 0 aromatic carbocycles. The first-order valence-corrected chi connectivity index (χ1v) is 4.27. The normalized spacial score (nSPS) is 17.1. The molecule has 0 N–H and O–H groups in total. The zero-order chi connectivity index (χ0) is 8.81. The second-order valence-corrected chi connectivity index (χ2v) is 2.90. The molecule has 0 spiro atoms. The Labute approximate surface area is 103 Å². The Morgan fingerprint density at radius 1 is 1.31 bits per heavy atom. The molecule has 0 nitrogen and oxygen atoms in total. The third kappa shape index (κ3) is 5.21. The van der Waals surface area contributed by atoms with Gasteiger partial charge in [0.05, 0.1) is 0 Å². The van der Waals surface area contributed by atoms with Gasteiger partial charge >= 0.3 is 26.2 Å². The maximum absolute atomic E-state index is 3.19. The van der Waals surface area contributed by atoms with Gasteiger partial charge in [0.25, 0.3) is 0 Å². The SMILES string of the molecule is CC1=[C-]CC=C1C.[C-]1=CC=CC1.[H-].[H-].[Zr+2]. The van der Waals surface area contributed by atoms with Crippen LogP contribution in [0.5, 0.6) is 0 Å². The summed E-state index contributed by atoms with van der Waals surface area (Å²) in [7, 11) is 0. The van der Waals surface area contributed by atoms with Crippen molar-refractivity contribution in [3.05, 3.63) is 47.6 Å². The van der Waals surface area contributed by atoms with Gasteiger partial charge in [0.2, 0.25) is 0 Å². The number of allylic oxidation sites excluding steroid dienone is 8. The largest absolute Gasteiger partial charge is 2.00 e. The van der Waals surface area contributed by atoms with Gasteiger partial charge in [-0.15, -0.1) is 19.8 Å². The average molecular weight is 251 g/mol. The molecule has 13 heavy (non-hydrogen) atoms. The van der Waals surface area contributed by atoms with Gasteiger partial charge in [-0.2, -0.15) is 12.2 Å². The Balaban J connectivity index is -0.000000165. The fourth-order valence-corrected chi connectivity index (χ4v) is 0.990. The van der Waals surface area contributed by atoms with Crippen LogP contribution >= 0.6 is 0 Å². The number of hydrogen-bond acceptors (Lipinski definition) is 0. The summed E-state index contributed by atoms with van der Waals surface area (Å²) >= 11 is 0. The van der Waals surface area contributed by atoms with E-state index in [1.54, 1.807) is 0 Å². The third-order valence-corrected chi connectivity index (χ3v) is 1.95. The summed E-state index contributed by atoms with van der Waals surface area (Å²) < 4.78 is 0. The Hall–Kier alpha value is -0.157. The summed E-state index contributed by atoms with van der Waals surface area (Å²) in [5.74, 6) is 0. The van der Waals surface area contributed by atoms with Crippen molar-refractivity contribution in [2.75, 3.05) is 0 Å². The van der Waals surface area contributed by atoms with E-state index in [-0.39, 0.29) is 29.1 Å². The van der Waals surface area contributed by atoms with E-state index >= 15 is 0 Å². The van der Waals surface area contributed by atoms with Crippen LogP contribution in [0.15, 0.2) is 35.5 Å². The molecule has 0 fully saturated rings. The molecular weight excluding hydrogens is 235 g/mol. The molecule has 70 valence electrons. The molecule has 0 atom stereocenters. The molecule has 2 aliphatic rings. The minimum absolute atomic E-state index is 0. The van der Waals surface area contributed by atoms with E-state index in [0.29, 0.717) is 0 Å². The van der Waals surface area contributed by atoms with Crippen molar-refractivity contribution >= 4 is 0 Å². The van der Waals surface area contributed by atoms with Crippen molar-refractivity contribution in [2.24, 2.45) is 0 Å². The van der Waals surface area contributed by atoms with Crippen molar-refractivity contribution < 1.29 is 29.1 Å². The van der Waals surface area contributed by atoms with E-state index in [2.05, 4.69) is 38.2 Å². The van der Waals surface area contributed by atoms with Crippen LogP contribution in [0.1, 0.15) is 29.5 Å². The van der Waals surface area contributed by atoms with Gasteiger partial charge in [0.15, 0.2) is 0 Å². The molecule has 0 bridgehead atoms. The standard InChI is InChI=1S/C7H9.C5H5.Zr.2H/c1-6-4-3-5-7(6)2;1-2-4-5-3-1;;;/h4H,3H2,1-2H3;1-3H,4H2;;;/q2*-1;+2;2*-1. The maximum Gasteiger partial charge on any atom is 2.00 e. The quantitative estimate of drug-likeness (QED) is 0.577. The van der Waals surface area contributed by atoms with Crippen LogP contribution in [0.4, 0.5) is 0 Å². The van der Waals surface area contributed by atoms with E-state index in [1.165, 1.54) is 11.1 Å². The van der Waals surface area contributed by atoms with Gasteiger partial charge in [-0.25, -0.2) is 23.3 Å². The second-order valence-electron chi connectivity index (χ2n) is 2.90. The predicted molar refractivity (Wildman–Crippen MR) is 54.6 cm³/mol. The molecule has 0 heterocycles. The molecule has 0 saturated carbocycles. The Bertz CT molecular complexity index is 237. The van der Waals surface area contributed by atoms with E-state index in [0.717, 1.165) is 12.8 Å². The van der Waals surface area contributed by atoms with Gasteiger partial charge in [-0.3, -0.25) is 12.2 Å². The predicted octanol–water partition coefficient (Wildman–Crippen LogP) is 3.61. The van der Waals surface area contributed by atoms with Gasteiger partial charge < -0.3 is 2.85 Å². The molecule has 0 amide bonds. The van der Waals surface area contributed by atoms with Gasteiger partial charge in [0.1, 0.15) is 0 Å². The van der Waals surface area contributed by atoms with Crippen LogP contribution in [0.2, 0.25) is 0 Å². The first-order chi connectivity index (χ1) is 5.80. The first-order valence-electron chi connectivity index (χ1n) is 4.27. The molecule has 1 heteroatoms. The molecule has 0 aromatic rings. The Morgan fingerprint density at radius 2 is 2.08 bits per heavy atom. The average Bonchev–Trinajstić information content (AvgIpc) is 2.67. The molecule has 2 aliphatic carbocycles. The van der Waals surface area contributed by atoms with E-state index in [4.69, 9.17) is 0 Å². The zero-order valence-electron chi connectivity index (χ0n) is 10.2. The molecule has 2 rings (SSSR count). The van der Waals surface area contributed by atoms with Crippen LogP contribution < -0.4 is 0 Å². The van der Waals surface area contributed by atoms with E-state index < -0.39 is 0 Å². The van der Waals surface area contributed by atoms with Crippen molar-refractivity contribution in [1.82, 2.24) is 0 Å². The summed E-state index contributed by atoms with van der Waals surface area (Å²) in [5, 5.41) is 0. The van der Waals surface area contributed by atoms with Crippen LogP contribution in [0, 0.1) is 12.2 Å². The summed E-state index contributed by atoms with van der Waals surface area (Å²) in [6.07, 6.45) is 16.4. The Morgan fingerprint density at radius 3 is 2.23 bits per heavy atom. The zero-order valence-corrected chi connectivity index (χ0v) is 10.7. The molecule has 0 unspecified atom stereocenters.